The van der Waals surface area contributed by atoms with E-state index in [0.29, 0.717) is 24.7 Å². The first-order valence-corrected chi connectivity index (χ1v) is 6.95. The first-order chi connectivity index (χ1) is 9.61. The minimum atomic E-state index is -0.273. The van der Waals surface area contributed by atoms with E-state index in [1.807, 2.05) is 11.6 Å². The van der Waals surface area contributed by atoms with Gasteiger partial charge in [-0.15, -0.1) is 0 Å². The second-order valence-corrected chi connectivity index (χ2v) is 5.28. The third kappa shape index (κ3) is 2.13. The van der Waals surface area contributed by atoms with Crippen LogP contribution in [0.5, 0.6) is 0 Å². The van der Waals surface area contributed by atoms with Gasteiger partial charge in [-0.2, -0.15) is 0 Å². The lowest BCUT2D eigenvalue weighted by Gasteiger charge is -2.12. The summed E-state index contributed by atoms with van der Waals surface area (Å²) in [4.78, 5) is 12.3. The third-order valence-electron chi connectivity index (χ3n) is 3.82. The topological polar surface area (TPSA) is 52.9 Å². The highest BCUT2D eigenvalue weighted by molar-refractivity contribution is 5.45. The molecule has 20 heavy (non-hydrogen) atoms. The average Bonchev–Trinajstić information content (AvgIpc) is 3.24. The Morgan fingerprint density at radius 2 is 1.90 bits per heavy atom. The number of hydrogen-bond donors (Lipinski definition) is 1. The molecule has 0 aliphatic heterocycles. The molecular weight excluding hydrogens is 257 g/mol. The van der Waals surface area contributed by atoms with E-state index in [1.54, 1.807) is 16.8 Å². The lowest BCUT2D eigenvalue weighted by molar-refractivity contribution is 0.472. The van der Waals surface area contributed by atoms with Crippen LogP contribution in [0.2, 0.25) is 0 Å². The molecule has 2 aromatic rings. The van der Waals surface area contributed by atoms with Gasteiger partial charge in [0, 0.05) is 12.5 Å². The van der Waals surface area contributed by atoms with Crippen LogP contribution in [0, 0.1) is 5.82 Å². The second-order valence-electron chi connectivity index (χ2n) is 5.28. The van der Waals surface area contributed by atoms with Crippen LogP contribution in [0.15, 0.2) is 29.1 Å². The van der Waals surface area contributed by atoms with Gasteiger partial charge < -0.3 is 5.73 Å². The van der Waals surface area contributed by atoms with Crippen molar-refractivity contribution in [2.24, 2.45) is 0 Å². The van der Waals surface area contributed by atoms with Gasteiger partial charge in [-0.3, -0.25) is 9.48 Å². The summed E-state index contributed by atoms with van der Waals surface area (Å²) >= 11 is 0. The number of nitrogen functional groups attached to an aromatic ring is 1. The number of nitrogens with two attached hydrogens (primary N) is 1. The van der Waals surface area contributed by atoms with E-state index in [1.165, 1.54) is 12.1 Å². The molecule has 106 valence electrons. The van der Waals surface area contributed by atoms with Crippen molar-refractivity contribution in [1.82, 2.24) is 9.36 Å². The van der Waals surface area contributed by atoms with Crippen LogP contribution in [-0.4, -0.2) is 9.36 Å². The Balaban J connectivity index is 2.02. The monoisotopic (exact) mass is 275 g/mol. The standard InChI is InChI=1S/C15H18FN3O/c1-2-18-14(11-5-6-11)13(17)15(20)19(18)9-10-3-7-12(16)8-4-10/h3-4,7-8,11H,2,5-6,9,17H2,1H3. The highest BCUT2D eigenvalue weighted by atomic mass is 19.1. The Bertz CT molecular complexity index is 680. The number of nitrogens with zero attached hydrogens (tertiary/aromatic N) is 2. The van der Waals surface area contributed by atoms with Crippen molar-refractivity contribution in [3.8, 4) is 0 Å². The molecule has 1 fully saturated rings. The fourth-order valence-electron chi connectivity index (χ4n) is 2.68. The van der Waals surface area contributed by atoms with Gasteiger partial charge >= 0.3 is 0 Å². The minimum Gasteiger partial charge on any atom is -0.393 e. The third-order valence-corrected chi connectivity index (χ3v) is 3.82. The summed E-state index contributed by atoms with van der Waals surface area (Å²) in [6.45, 7) is 3.13. The Morgan fingerprint density at radius 1 is 1.25 bits per heavy atom. The normalized spacial score (nSPS) is 14.7. The Labute approximate surface area is 116 Å². The molecule has 1 aromatic carbocycles. The van der Waals surface area contributed by atoms with E-state index in [4.69, 9.17) is 5.73 Å². The summed E-state index contributed by atoms with van der Waals surface area (Å²) in [5, 5.41) is 0. The van der Waals surface area contributed by atoms with E-state index in [0.717, 1.165) is 24.1 Å². The van der Waals surface area contributed by atoms with E-state index >= 15 is 0 Å². The highest BCUT2D eigenvalue weighted by Gasteiger charge is 2.32. The Hall–Kier alpha value is -2.04. The minimum absolute atomic E-state index is 0.141. The van der Waals surface area contributed by atoms with Gasteiger partial charge in [-0.1, -0.05) is 12.1 Å². The molecule has 1 aliphatic carbocycles. The maximum Gasteiger partial charge on any atom is 0.290 e. The van der Waals surface area contributed by atoms with Crippen molar-refractivity contribution in [1.29, 1.82) is 0 Å². The summed E-state index contributed by atoms with van der Waals surface area (Å²) < 4.78 is 16.6. The first-order valence-electron chi connectivity index (χ1n) is 6.95. The fourth-order valence-corrected chi connectivity index (χ4v) is 2.68. The predicted octanol–water partition coefficient (Wildman–Crippen LogP) is 2.32. The van der Waals surface area contributed by atoms with Crippen molar-refractivity contribution in [3.63, 3.8) is 0 Å². The summed E-state index contributed by atoms with van der Waals surface area (Å²) in [7, 11) is 0. The molecule has 2 N–H and O–H groups in total. The molecule has 0 bridgehead atoms. The van der Waals surface area contributed by atoms with Gasteiger partial charge in [0.1, 0.15) is 11.5 Å². The van der Waals surface area contributed by atoms with Crippen molar-refractivity contribution < 1.29 is 4.39 Å². The molecule has 0 saturated heterocycles. The number of aromatic nitrogens is 2. The summed E-state index contributed by atoms with van der Waals surface area (Å²) in [6, 6.07) is 6.21. The van der Waals surface area contributed by atoms with Gasteiger partial charge in [0.15, 0.2) is 0 Å². The summed E-state index contributed by atoms with van der Waals surface area (Å²) in [5.41, 5.74) is 8.08. The van der Waals surface area contributed by atoms with E-state index in [2.05, 4.69) is 0 Å². The maximum absolute atomic E-state index is 12.9. The second kappa shape index (κ2) is 4.81. The van der Waals surface area contributed by atoms with Crippen LogP contribution in [0.4, 0.5) is 10.1 Å². The van der Waals surface area contributed by atoms with Crippen molar-refractivity contribution in [2.45, 2.75) is 38.8 Å². The van der Waals surface area contributed by atoms with E-state index < -0.39 is 0 Å². The molecule has 0 atom stereocenters. The quantitative estimate of drug-likeness (QED) is 0.931. The number of halogens is 1. The zero-order chi connectivity index (χ0) is 14.3. The predicted molar refractivity (Wildman–Crippen MR) is 76.3 cm³/mol. The Kier molecular flexibility index (Phi) is 3.12. The highest BCUT2D eigenvalue weighted by Crippen LogP contribution is 2.42. The van der Waals surface area contributed by atoms with Gasteiger partial charge in [0.05, 0.1) is 12.2 Å². The van der Waals surface area contributed by atoms with Gasteiger partial charge in [0.2, 0.25) is 0 Å². The fraction of sp³-hybridized carbons (Fsp3) is 0.400. The van der Waals surface area contributed by atoms with E-state index in [9.17, 15) is 9.18 Å². The molecule has 0 spiro atoms. The van der Waals surface area contributed by atoms with Crippen molar-refractivity contribution in [2.75, 3.05) is 5.73 Å². The number of benzene rings is 1. The number of anilines is 1. The molecule has 0 unspecified atom stereocenters. The van der Waals surface area contributed by atoms with Crippen molar-refractivity contribution >= 4 is 5.69 Å². The number of rotatable bonds is 4. The molecule has 0 radical (unpaired) electrons. The van der Waals surface area contributed by atoms with Gasteiger partial charge in [0.25, 0.3) is 5.56 Å². The molecule has 4 nitrogen and oxygen atoms in total. The van der Waals surface area contributed by atoms with Crippen LogP contribution in [0.25, 0.3) is 0 Å². The zero-order valence-electron chi connectivity index (χ0n) is 11.5. The lowest BCUT2D eigenvalue weighted by atomic mass is 10.2. The van der Waals surface area contributed by atoms with Crippen LogP contribution < -0.4 is 11.3 Å². The van der Waals surface area contributed by atoms with Crippen LogP contribution in [0.1, 0.15) is 36.9 Å². The van der Waals surface area contributed by atoms with E-state index in [-0.39, 0.29) is 11.4 Å². The summed E-state index contributed by atoms with van der Waals surface area (Å²) in [5.74, 6) is 0.155. The Morgan fingerprint density at radius 3 is 2.45 bits per heavy atom. The lowest BCUT2D eigenvalue weighted by Crippen LogP contribution is -2.24. The molecule has 1 aromatic heterocycles. The molecule has 1 aliphatic rings. The van der Waals surface area contributed by atoms with Gasteiger partial charge in [-0.25, -0.2) is 9.07 Å². The van der Waals surface area contributed by atoms with Crippen molar-refractivity contribution in [3.05, 3.63) is 51.7 Å². The molecule has 0 amide bonds. The maximum atomic E-state index is 12.9. The molecular formula is C15H18FN3O. The molecule has 1 heterocycles. The number of hydrogen-bond acceptors (Lipinski definition) is 2. The first kappa shape index (κ1) is 13.0. The molecule has 5 heteroatoms. The van der Waals surface area contributed by atoms with Gasteiger partial charge in [-0.05, 0) is 37.5 Å². The smallest absolute Gasteiger partial charge is 0.290 e. The van der Waals surface area contributed by atoms with Crippen LogP contribution >= 0.6 is 0 Å². The summed E-state index contributed by atoms with van der Waals surface area (Å²) in [6.07, 6.45) is 2.20. The molecule has 3 rings (SSSR count). The average molecular weight is 275 g/mol. The largest absolute Gasteiger partial charge is 0.393 e. The zero-order valence-corrected chi connectivity index (χ0v) is 11.5. The van der Waals surface area contributed by atoms with Crippen LogP contribution in [0.3, 0.4) is 0 Å². The SMILES string of the molecule is CCn1c(C2CC2)c(N)c(=O)n1Cc1ccc(F)cc1. The molecule has 1 saturated carbocycles. The van der Waals surface area contributed by atoms with Crippen LogP contribution in [-0.2, 0) is 13.1 Å².